The van der Waals surface area contributed by atoms with Gasteiger partial charge >= 0.3 is 0 Å². The summed E-state index contributed by atoms with van der Waals surface area (Å²) in [6, 6.07) is 10.0. The highest BCUT2D eigenvalue weighted by Gasteiger charge is 2.07. The number of benzene rings is 1. The molecule has 0 aliphatic heterocycles. The maximum absolute atomic E-state index is 5.25. The molecule has 2 heterocycles. The fraction of sp³-hybridized carbons (Fsp3) is 0.133. The fourth-order valence-electron chi connectivity index (χ4n) is 2.15. The summed E-state index contributed by atoms with van der Waals surface area (Å²) in [6.07, 6.45) is 4.04. The first-order chi connectivity index (χ1) is 9.17. The molecule has 0 amide bonds. The molecule has 3 aromatic rings. The number of fused-ring (bicyclic) bond motifs is 1. The van der Waals surface area contributed by atoms with E-state index in [2.05, 4.69) is 33.9 Å². The first kappa shape index (κ1) is 12.2. The Balaban J connectivity index is 2.17. The second-order valence-electron chi connectivity index (χ2n) is 4.43. The van der Waals surface area contributed by atoms with Crippen molar-refractivity contribution >= 4 is 21.6 Å². The predicted molar refractivity (Wildman–Crippen MR) is 79.6 cm³/mol. The first-order valence-corrected chi connectivity index (χ1v) is 6.76. The number of hydrogen-bond acceptors (Lipinski definition) is 2. The zero-order valence-corrected chi connectivity index (χ0v) is 12.3. The molecule has 3 rings (SSSR count). The quantitative estimate of drug-likeness (QED) is 0.712. The van der Waals surface area contributed by atoms with Gasteiger partial charge in [-0.05, 0) is 46.6 Å². The van der Waals surface area contributed by atoms with Crippen LogP contribution >= 0.6 is 15.9 Å². The van der Waals surface area contributed by atoms with Crippen molar-refractivity contribution in [2.24, 2.45) is 0 Å². The summed E-state index contributed by atoms with van der Waals surface area (Å²) in [6.45, 7) is 2.06. The number of nitrogens with zero attached hydrogens (tertiary/aromatic N) is 2. The normalized spacial score (nSPS) is 10.9. The Labute approximate surface area is 120 Å². The Bertz CT molecular complexity index is 749. The summed E-state index contributed by atoms with van der Waals surface area (Å²) in [5, 5.41) is 0. The molecular weight excluding hydrogens is 304 g/mol. The van der Waals surface area contributed by atoms with Gasteiger partial charge in [0.2, 0.25) is 0 Å². The third-order valence-electron chi connectivity index (χ3n) is 3.07. The predicted octanol–water partition coefficient (Wildman–Crippen LogP) is 4.08. The van der Waals surface area contributed by atoms with Crippen molar-refractivity contribution in [3.63, 3.8) is 0 Å². The molecule has 0 aliphatic rings. The number of aryl methyl sites for hydroxylation is 1. The van der Waals surface area contributed by atoms with Crippen molar-refractivity contribution in [3.05, 3.63) is 52.8 Å². The largest absolute Gasteiger partial charge is 0.497 e. The van der Waals surface area contributed by atoms with Crippen LogP contribution in [-0.4, -0.2) is 16.5 Å². The third-order valence-corrected chi connectivity index (χ3v) is 3.50. The number of methoxy groups -OCH3 is 1. The van der Waals surface area contributed by atoms with Crippen LogP contribution in [0.5, 0.6) is 5.75 Å². The molecule has 19 heavy (non-hydrogen) atoms. The van der Waals surface area contributed by atoms with Crippen molar-refractivity contribution < 1.29 is 4.74 Å². The van der Waals surface area contributed by atoms with E-state index in [1.807, 2.05) is 41.1 Å². The number of pyridine rings is 1. The maximum atomic E-state index is 5.25. The van der Waals surface area contributed by atoms with E-state index in [1.165, 1.54) is 0 Å². The molecule has 0 bridgehead atoms. The maximum Gasteiger partial charge on any atom is 0.140 e. The lowest BCUT2D eigenvalue weighted by molar-refractivity contribution is 0.415. The molecule has 0 saturated carbocycles. The molecule has 0 spiro atoms. The average molecular weight is 317 g/mol. The van der Waals surface area contributed by atoms with Crippen LogP contribution in [0.15, 0.2) is 47.2 Å². The van der Waals surface area contributed by atoms with Crippen LogP contribution in [0.1, 0.15) is 5.56 Å². The summed E-state index contributed by atoms with van der Waals surface area (Å²) in [5.74, 6) is 0.840. The molecule has 2 aromatic heterocycles. The molecule has 4 heteroatoms. The summed E-state index contributed by atoms with van der Waals surface area (Å²) in [5.41, 5.74) is 4.11. The summed E-state index contributed by atoms with van der Waals surface area (Å²) < 4.78 is 8.34. The number of rotatable bonds is 2. The number of halogens is 1. The lowest BCUT2D eigenvalue weighted by Crippen LogP contribution is -1.86. The van der Waals surface area contributed by atoms with Gasteiger partial charge in [0.05, 0.1) is 12.8 Å². The van der Waals surface area contributed by atoms with Gasteiger partial charge in [-0.1, -0.05) is 12.1 Å². The number of imidazole rings is 1. The molecule has 0 aliphatic carbocycles. The lowest BCUT2D eigenvalue weighted by atomic mass is 10.1. The minimum atomic E-state index is 0.840. The van der Waals surface area contributed by atoms with Crippen molar-refractivity contribution in [1.29, 1.82) is 0 Å². The van der Waals surface area contributed by atoms with E-state index in [0.29, 0.717) is 0 Å². The monoisotopic (exact) mass is 316 g/mol. The highest BCUT2D eigenvalue weighted by molar-refractivity contribution is 9.10. The molecule has 0 radical (unpaired) electrons. The van der Waals surface area contributed by atoms with Crippen LogP contribution in [0, 0.1) is 6.92 Å². The zero-order valence-electron chi connectivity index (χ0n) is 10.7. The van der Waals surface area contributed by atoms with E-state index < -0.39 is 0 Å². The Kier molecular flexibility index (Phi) is 3.03. The van der Waals surface area contributed by atoms with Crippen molar-refractivity contribution in [2.45, 2.75) is 6.92 Å². The lowest BCUT2D eigenvalue weighted by Gasteiger charge is -2.00. The van der Waals surface area contributed by atoms with Gasteiger partial charge in [0.15, 0.2) is 0 Å². The van der Waals surface area contributed by atoms with Crippen molar-refractivity contribution in [2.75, 3.05) is 7.11 Å². The van der Waals surface area contributed by atoms with E-state index in [1.54, 1.807) is 7.11 Å². The first-order valence-electron chi connectivity index (χ1n) is 5.96. The summed E-state index contributed by atoms with van der Waals surface area (Å²) >= 11 is 3.50. The Morgan fingerprint density at radius 1 is 1.21 bits per heavy atom. The number of ether oxygens (including phenoxy) is 1. The van der Waals surface area contributed by atoms with Crippen molar-refractivity contribution in [1.82, 2.24) is 9.38 Å². The summed E-state index contributed by atoms with van der Waals surface area (Å²) in [7, 11) is 1.67. The van der Waals surface area contributed by atoms with Gasteiger partial charge in [-0.15, -0.1) is 0 Å². The van der Waals surface area contributed by atoms with Crippen LogP contribution in [0.2, 0.25) is 0 Å². The van der Waals surface area contributed by atoms with Gasteiger partial charge in [-0.2, -0.15) is 0 Å². The molecular formula is C15H13BrN2O. The number of hydrogen-bond donors (Lipinski definition) is 0. The van der Waals surface area contributed by atoms with E-state index in [4.69, 9.17) is 4.74 Å². The Hall–Kier alpha value is -1.81. The molecule has 0 atom stereocenters. The average Bonchev–Trinajstić information content (AvgIpc) is 2.83. The Morgan fingerprint density at radius 3 is 2.84 bits per heavy atom. The summed E-state index contributed by atoms with van der Waals surface area (Å²) in [4.78, 5) is 4.69. The van der Waals surface area contributed by atoms with Gasteiger partial charge < -0.3 is 9.14 Å². The molecule has 0 N–H and O–H groups in total. The molecule has 0 fully saturated rings. The standard InChI is InChI=1S/C15H13BrN2O/c1-10-6-12(16)8-18-9-14(17-15(10)18)11-4-3-5-13(7-11)19-2/h3-9H,1-2H3. The van der Waals surface area contributed by atoms with Gasteiger partial charge in [0.1, 0.15) is 11.4 Å². The SMILES string of the molecule is COc1cccc(-c2cn3cc(Br)cc(C)c3n2)c1. The van der Waals surface area contributed by atoms with E-state index in [0.717, 1.165) is 32.7 Å². The van der Waals surface area contributed by atoms with Crippen LogP contribution in [0.4, 0.5) is 0 Å². The number of aromatic nitrogens is 2. The molecule has 96 valence electrons. The molecule has 1 aromatic carbocycles. The zero-order chi connectivity index (χ0) is 13.4. The third kappa shape index (κ3) is 2.24. The molecule has 0 saturated heterocycles. The van der Waals surface area contributed by atoms with E-state index in [9.17, 15) is 0 Å². The highest BCUT2D eigenvalue weighted by Crippen LogP contribution is 2.25. The second kappa shape index (κ2) is 4.70. The fourth-order valence-corrected chi connectivity index (χ4v) is 2.71. The minimum absolute atomic E-state index is 0.840. The molecule has 0 unspecified atom stereocenters. The van der Waals surface area contributed by atoms with Gasteiger partial charge in [0, 0.05) is 22.4 Å². The topological polar surface area (TPSA) is 26.5 Å². The van der Waals surface area contributed by atoms with Crippen molar-refractivity contribution in [3.8, 4) is 17.0 Å². The van der Waals surface area contributed by atoms with Gasteiger partial charge in [-0.25, -0.2) is 4.98 Å². The van der Waals surface area contributed by atoms with Crippen LogP contribution in [0.3, 0.4) is 0 Å². The Morgan fingerprint density at radius 2 is 2.05 bits per heavy atom. The van der Waals surface area contributed by atoms with Crippen LogP contribution in [0.25, 0.3) is 16.9 Å². The minimum Gasteiger partial charge on any atom is -0.497 e. The molecule has 3 nitrogen and oxygen atoms in total. The van der Waals surface area contributed by atoms with Gasteiger partial charge in [-0.3, -0.25) is 0 Å². The highest BCUT2D eigenvalue weighted by atomic mass is 79.9. The van der Waals surface area contributed by atoms with Crippen LogP contribution in [-0.2, 0) is 0 Å². The van der Waals surface area contributed by atoms with Gasteiger partial charge in [0.25, 0.3) is 0 Å². The van der Waals surface area contributed by atoms with E-state index in [-0.39, 0.29) is 0 Å². The van der Waals surface area contributed by atoms with E-state index >= 15 is 0 Å². The second-order valence-corrected chi connectivity index (χ2v) is 5.35. The smallest absolute Gasteiger partial charge is 0.140 e. The van der Waals surface area contributed by atoms with Crippen LogP contribution < -0.4 is 4.74 Å².